The van der Waals surface area contributed by atoms with E-state index in [9.17, 15) is 4.79 Å². The lowest BCUT2D eigenvalue weighted by molar-refractivity contribution is -0.00922. The first-order chi connectivity index (χ1) is 9.22. The van der Waals surface area contributed by atoms with Crippen LogP contribution in [0.15, 0.2) is 6.20 Å². The zero-order chi connectivity index (χ0) is 13.3. The number of nitrogens with one attached hydrogen (secondary N) is 1. The van der Waals surface area contributed by atoms with Crippen LogP contribution in [0.5, 0.6) is 5.75 Å². The Balaban J connectivity index is 1.66. The van der Waals surface area contributed by atoms with Gasteiger partial charge in [0.2, 0.25) is 0 Å². The molecule has 3 heterocycles. The molecule has 0 unspecified atom stereocenters. The Labute approximate surface area is 113 Å². The maximum absolute atomic E-state index is 12.1. The number of unbranched alkanes of at least 4 members (excludes halogenated alkanes) is 1. The lowest BCUT2D eigenvalue weighted by Gasteiger charge is -2.43. The molecule has 5 nitrogen and oxygen atoms in total. The molecular weight excluding hydrogens is 242 g/mol. The van der Waals surface area contributed by atoms with Crippen LogP contribution in [0.2, 0.25) is 0 Å². The van der Waals surface area contributed by atoms with Crippen molar-refractivity contribution in [2.45, 2.75) is 44.6 Å². The number of Topliss-reactive ketones (excluding diaryl/α,β-unsaturated/α-hetero) is 1. The summed E-state index contributed by atoms with van der Waals surface area (Å²) in [6.45, 7) is 5.44. The molecular formula is C14H21N3O2. The number of fused-ring (bicyclic) bond motifs is 1. The number of rotatable bonds is 3. The van der Waals surface area contributed by atoms with E-state index < -0.39 is 0 Å². The third kappa shape index (κ3) is 2.39. The molecule has 1 spiro atoms. The first-order valence-corrected chi connectivity index (χ1v) is 7.21. The molecule has 0 radical (unpaired) electrons. The Kier molecular flexibility index (Phi) is 3.31. The molecule has 5 heteroatoms. The molecule has 0 amide bonds. The topological polar surface area (TPSA) is 58.2 Å². The van der Waals surface area contributed by atoms with E-state index in [0.29, 0.717) is 17.9 Å². The average Bonchev–Trinajstić information content (AvgIpc) is 2.87. The fourth-order valence-electron chi connectivity index (χ4n) is 3.05. The Morgan fingerprint density at radius 3 is 3.00 bits per heavy atom. The number of hydrogen-bond donors (Lipinski definition) is 1. The summed E-state index contributed by atoms with van der Waals surface area (Å²) in [4.78, 5) is 14.6. The number of carbonyl (C=O) groups excluding carboxylic acids is 1. The SMILES string of the molecule is CCCCN1CCC2(CC1)CC(=O)c1n[nH]cc1O2. The highest BCUT2D eigenvalue weighted by Crippen LogP contribution is 2.38. The molecule has 0 saturated carbocycles. The van der Waals surface area contributed by atoms with E-state index >= 15 is 0 Å². The number of carbonyl (C=O) groups is 1. The number of likely N-dealkylation sites (tertiary alicyclic amines) is 1. The van der Waals surface area contributed by atoms with Crippen molar-refractivity contribution in [2.75, 3.05) is 19.6 Å². The van der Waals surface area contributed by atoms with E-state index in [1.54, 1.807) is 6.20 Å². The molecule has 2 aliphatic heterocycles. The van der Waals surface area contributed by atoms with Gasteiger partial charge < -0.3 is 9.64 Å². The van der Waals surface area contributed by atoms with Crippen LogP contribution in [0.3, 0.4) is 0 Å². The zero-order valence-electron chi connectivity index (χ0n) is 11.4. The van der Waals surface area contributed by atoms with Gasteiger partial charge in [0.15, 0.2) is 17.2 Å². The summed E-state index contributed by atoms with van der Waals surface area (Å²) in [6, 6.07) is 0. The second-order valence-corrected chi connectivity index (χ2v) is 5.68. The van der Waals surface area contributed by atoms with E-state index in [2.05, 4.69) is 22.0 Å². The van der Waals surface area contributed by atoms with Gasteiger partial charge in [-0.3, -0.25) is 9.89 Å². The molecule has 1 N–H and O–H groups in total. The summed E-state index contributed by atoms with van der Waals surface area (Å²) in [5, 5.41) is 6.68. The predicted molar refractivity (Wildman–Crippen MR) is 71.5 cm³/mol. The number of hydrogen-bond acceptors (Lipinski definition) is 4. The molecule has 0 aliphatic carbocycles. The second kappa shape index (κ2) is 4.96. The van der Waals surface area contributed by atoms with Gasteiger partial charge in [0, 0.05) is 25.9 Å². The maximum atomic E-state index is 12.1. The Morgan fingerprint density at radius 1 is 1.47 bits per heavy atom. The van der Waals surface area contributed by atoms with Crippen molar-refractivity contribution in [3.8, 4) is 5.75 Å². The van der Waals surface area contributed by atoms with E-state index in [1.807, 2.05) is 0 Å². The molecule has 0 bridgehead atoms. The van der Waals surface area contributed by atoms with Gasteiger partial charge in [-0.15, -0.1) is 0 Å². The van der Waals surface area contributed by atoms with Crippen molar-refractivity contribution in [1.82, 2.24) is 15.1 Å². The molecule has 3 rings (SSSR count). The number of nitrogens with zero attached hydrogens (tertiary/aromatic N) is 2. The third-order valence-electron chi connectivity index (χ3n) is 4.27. The quantitative estimate of drug-likeness (QED) is 0.906. The standard InChI is InChI=1S/C14H21N3O2/c1-2-3-6-17-7-4-14(5-8-17)9-11(18)13-12(19-14)10-15-16-13/h10H,2-9H2,1H3,(H,15,16). The average molecular weight is 263 g/mol. The molecule has 1 saturated heterocycles. The summed E-state index contributed by atoms with van der Waals surface area (Å²) in [5.41, 5.74) is 0.190. The van der Waals surface area contributed by atoms with Gasteiger partial charge in [0.05, 0.1) is 12.6 Å². The third-order valence-corrected chi connectivity index (χ3v) is 4.27. The minimum atomic E-state index is -0.281. The summed E-state index contributed by atoms with van der Waals surface area (Å²) >= 11 is 0. The van der Waals surface area contributed by atoms with Gasteiger partial charge in [0.25, 0.3) is 0 Å². The summed E-state index contributed by atoms with van der Waals surface area (Å²) < 4.78 is 6.08. The Hall–Kier alpha value is -1.36. The van der Waals surface area contributed by atoms with Crippen LogP contribution < -0.4 is 4.74 Å². The fraction of sp³-hybridized carbons (Fsp3) is 0.714. The number of H-pyrrole nitrogens is 1. The van der Waals surface area contributed by atoms with Crippen LogP contribution in [0.1, 0.15) is 49.5 Å². The van der Waals surface area contributed by atoms with Crippen molar-refractivity contribution in [1.29, 1.82) is 0 Å². The van der Waals surface area contributed by atoms with Gasteiger partial charge in [-0.05, 0) is 13.0 Å². The van der Waals surface area contributed by atoms with E-state index in [1.165, 1.54) is 12.8 Å². The maximum Gasteiger partial charge on any atom is 0.190 e. The van der Waals surface area contributed by atoms with Crippen LogP contribution in [-0.4, -0.2) is 46.1 Å². The van der Waals surface area contributed by atoms with Gasteiger partial charge in [-0.1, -0.05) is 13.3 Å². The smallest absolute Gasteiger partial charge is 0.190 e. The molecule has 1 aromatic heterocycles. The molecule has 19 heavy (non-hydrogen) atoms. The second-order valence-electron chi connectivity index (χ2n) is 5.68. The zero-order valence-corrected chi connectivity index (χ0v) is 11.4. The van der Waals surface area contributed by atoms with Crippen LogP contribution in [0.4, 0.5) is 0 Å². The number of ketones is 1. The van der Waals surface area contributed by atoms with Gasteiger partial charge >= 0.3 is 0 Å². The van der Waals surface area contributed by atoms with Crippen molar-refractivity contribution >= 4 is 5.78 Å². The molecule has 0 atom stereocenters. The minimum Gasteiger partial charge on any atom is -0.483 e. The van der Waals surface area contributed by atoms with Crippen LogP contribution in [0, 0.1) is 0 Å². The number of ether oxygens (including phenoxy) is 1. The van der Waals surface area contributed by atoms with E-state index in [4.69, 9.17) is 4.74 Å². The van der Waals surface area contributed by atoms with Crippen LogP contribution in [0.25, 0.3) is 0 Å². The number of aromatic amines is 1. The van der Waals surface area contributed by atoms with Crippen molar-refractivity contribution in [2.24, 2.45) is 0 Å². The highest BCUT2D eigenvalue weighted by atomic mass is 16.5. The van der Waals surface area contributed by atoms with Crippen molar-refractivity contribution < 1.29 is 9.53 Å². The summed E-state index contributed by atoms with van der Waals surface area (Å²) in [6.07, 6.45) is 6.53. The molecule has 104 valence electrons. The van der Waals surface area contributed by atoms with Gasteiger partial charge in [0.1, 0.15) is 5.60 Å². The van der Waals surface area contributed by atoms with E-state index in [0.717, 1.165) is 32.5 Å². The molecule has 0 aromatic carbocycles. The van der Waals surface area contributed by atoms with Crippen molar-refractivity contribution in [3.63, 3.8) is 0 Å². The highest BCUT2D eigenvalue weighted by Gasteiger charge is 2.43. The predicted octanol–water partition coefficient (Wildman–Crippen LogP) is 2.01. The number of piperidine rings is 1. The Morgan fingerprint density at radius 2 is 2.26 bits per heavy atom. The normalized spacial score (nSPS) is 22.3. The number of aromatic nitrogens is 2. The van der Waals surface area contributed by atoms with Gasteiger partial charge in [-0.2, -0.15) is 5.10 Å². The Bertz CT molecular complexity index is 461. The van der Waals surface area contributed by atoms with Crippen LogP contribution >= 0.6 is 0 Å². The summed E-state index contributed by atoms with van der Waals surface area (Å²) in [5.74, 6) is 0.753. The van der Waals surface area contributed by atoms with Crippen molar-refractivity contribution in [3.05, 3.63) is 11.9 Å². The monoisotopic (exact) mass is 263 g/mol. The summed E-state index contributed by atoms with van der Waals surface area (Å²) in [7, 11) is 0. The van der Waals surface area contributed by atoms with E-state index in [-0.39, 0.29) is 11.4 Å². The lowest BCUT2D eigenvalue weighted by atomic mass is 9.84. The first kappa shape index (κ1) is 12.7. The lowest BCUT2D eigenvalue weighted by Crippen LogP contribution is -2.51. The molecule has 1 fully saturated rings. The first-order valence-electron chi connectivity index (χ1n) is 7.21. The fourth-order valence-corrected chi connectivity index (χ4v) is 3.05. The van der Waals surface area contributed by atoms with Gasteiger partial charge in [-0.25, -0.2) is 0 Å². The molecule has 1 aromatic rings. The minimum absolute atomic E-state index is 0.115. The highest BCUT2D eigenvalue weighted by molar-refractivity contribution is 5.98. The largest absolute Gasteiger partial charge is 0.483 e. The molecule has 2 aliphatic rings. The van der Waals surface area contributed by atoms with Crippen LogP contribution in [-0.2, 0) is 0 Å².